The average molecular weight is 363 g/mol. The SMILES string of the molecule is CCCCCCCCCCCCOC(=O)[C@H](OC(C)=O)c1ccccc1. The van der Waals surface area contributed by atoms with Crippen LogP contribution in [0.5, 0.6) is 0 Å². The summed E-state index contributed by atoms with van der Waals surface area (Å²) in [7, 11) is 0. The molecule has 0 N–H and O–H groups in total. The summed E-state index contributed by atoms with van der Waals surface area (Å²) >= 11 is 0. The summed E-state index contributed by atoms with van der Waals surface area (Å²) in [5.41, 5.74) is 0.635. The predicted molar refractivity (Wildman–Crippen MR) is 104 cm³/mol. The summed E-state index contributed by atoms with van der Waals surface area (Å²) in [6.07, 6.45) is 11.3. The molecule has 0 aliphatic rings. The molecule has 1 rings (SSSR count). The number of rotatable bonds is 14. The van der Waals surface area contributed by atoms with Crippen LogP contribution in [-0.2, 0) is 19.1 Å². The van der Waals surface area contributed by atoms with Crippen molar-refractivity contribution in [3.05, 3.63) is 35.9 Å². The van der Waals surface area contributed by atoms with Crippen LogP contribution in [0.3, 0.4) is 0 Å². The van der Waals surface area contributed by atoms with Gasteiger partial charge in [0.2, 0.25) is 6.10 Å². The fourth-order valence-corrected chi connectivity index (χ4v) is 2.88. The number of hydrogen-bond acceptors (Lipinski definition) is 4. The minimum absolute atomic E-state index is 0.375. The maximum absolute atomic E-state index is 12.2. The predicted octanol–water partition coefficient (Wildman–Crippen LogP) is 5.75. The maximum atomic E-state index is 12.2. The first kappa shape index (κ1) is 22.2. The fraction of sp³-hybridized carbons (Fsp3) is 0.636. The second-order valence-electron chi connectivity index (χ2n) is 6.75. The number of carbonyl (C=O) groups excluding carboxylic acids is 2. The second kappa shape index (κ2) is 14.3. The molecule has 0 radical (unpaired) electrons. The highest BCUT2D eigenvalue weighted by Gasteiger charge is 2.25. The molecule has 1 atom stereocenters. The Morgan fingerprint density at radius 3 is 1.92 bits per heavy atom. The van der Waals surface area contributed by atoms with Crippen LogP contribution in [0.25, 0.3) is 0 Å². The summed E-state index contributed by atoms with van der Waals surface area (Å²) in [6.45, 7) is 3.91. The van der Waals surface area contributed by atoms with E-state index in [9.17, 15) is 9.59 Å². The first-order chi connectivity index (χ1) is 12.6. The van der Waals surface area contributed by atoms with Crippen molar-refractivity contribution in [2.75, 3.05) is 6.61 Å². The van der Waals surface area contributed by atoms with Gasteiger partial charge in [-0.3, -0.25) is 4.79 Å². The normalized spacial score (nSPS) is 11.8. The van der Waals surface area contributed by atoms with Gasteiger partial charge in [-0.25, -0.2) is 4.79 Å². The van der Waals surface area contributed by atoms with Crippen LogP contribution in [0.15, 0.2) is 30.3 Å². The molecule has 0 fully saturated rings. The molecule has 26 heavy (non-hydrogen) atoms. The molecule has 0 saturated heterocycles. The van der Waals surface area contributed by atoms with Gasteiger partial charge in [-0.15, -0.1) is 0 Å². The molecule has 0 aliphatic heterocycles. The molecule has 4 nitrogen and oxygen atoms in total. The van der Waals surface area contributed by atoms with Crippen molar-refractivity contribution in [1.29, 1.82) is 0 Å². The number of ether oxygens (including phenoxy) is 2. The lowest BCUT2D eigenvalue weighted by molar-refractivity contribution is -0.167. The molecule has 0 unspecified atom stereocenters. The van der Waals surface area contributed by atoms with Gasteiger partial charge in [-0.2, -0.15) is 0 Å². The third-order valence-corrected chi connectivity index (χ3v) is 4.34. The van der Waals surface area contributed by atoms with Gasteiger partial charge in [-0.1, -0.05) is 95.0 Å². The Morgan fingerprint density at radius 2 is 1.38 bits per heavy atom. The standard InChI is InChI=1S/C22H34O4/c1-3-4-5-6-7-8-9-10-11-15-18-25-22(24)21(26-19(2)23)20-16-13-12-14-17-20/h12-14,16-17,21H,3-11,15,18H2,1-2H3/t21-/m1/s1. The van der Waals surface area contributed by atoms with Crippen molar-refractivity contribution in [3.63, 3.8) is 0 Å². The summed E-state index contributed by atoms with van der Waals surface area (Å²) in [5, 5.41) is 0. The van der Waals surface area contributed by atoms with Gasteiger partial charge in [-0.05, 0) is 6.42 Å². The highest BCUT2D eigenvalue weighted by Crippen LogP contribution is 2.19. The van der Waals surface area contributed by atoms with Crippen molar-refractivity contribution in [2.24, 2.45) is 0 Å². The van der Waals surface area contributed by atoms with E-state index in [1.54, 1.807) is 24.3 Å². The number of esters is 2. The zero-order valence-corrected chi connectivity index (χ0v) is 16.4. The van der Waals surface area contributed by atoms with Crippen molar-refractivity contribution in [3.8, 4) is 0 Å². The van der Waals surface area contributed by atoms with Gasteiger partial charge in [0, 0.05) is 12.5 Å². The summed E-state index contributed by atoms with van der Waals surface area (Å²) in [4.78, 5) is 23.5. The molecule has 0 aromatic heterocycles. The van der Waals surface area contributed by atoms with Gasteiger partial charge in [0.05, 0.1) is 6.61 Å². The molecular weight excluding hydrogens is 328 g/mol. The third-order valence-electron chi connectivity index (χ3n) is 4.34. The quantitative estimate of drug-likeness (QED) is 0.312. The lowest BCUT2D eigenvalue weighted by Gasteiger charge is -2.16. The number of benzene rings is 1. The highest BCUT2D eigenvalue weighted by atomic mass is 16.6. The van der Waals surface area contributed by atoms with E-state index in [0.29, 0.717) is 12.2 Å². The second-order valence-corrected chi connectivity index (χ2v) is 6.75. The van der Waals surface area contributed by atoms with E-state index < -0.39 is 18.0 Å². The molecule has 0 amide bonds. The van der Waals surface area contributed by atoms with E-state index in [0.717, 1.165) is 12.8 Å². The van der Waals surface area contributed by atoms with Crippen LogP contribution in [0.2, 0.25) is 0 Å². The molecule has 0 heterocycles. The number of carbonyl (C=O) groups is 2. The Kier molecular flexibility index (Phi) is 12.2. The van der Waals surface area contributed by atoms with E-state index >= 15 is 0 Å². The summed E-state index contributed by atoms with van der Waals surface area (Å²) in [6, 6.07) is 8.98. The van der Waals surface area contributed by atoms with Crippen LogP contribution in [-0.4, -0.2) is 18.5 Å². The zero-order chi connectivity index (χ0) is 19.0. The lowest BCUT2D eigenvalue weighted by Crippen LogP contribution is -2.21. The molecule has 1 aromatic rings. The smallest absolute Gasteiger partial charge is 0.352 e. The Balaban J connectivity index is 2.16. The largest absolute Gasteiger partial charge is 0.463 e. The first-order valence-electron chi connectivity index (χ1n) is 10.0. The van der Waals surface area contributed by atoms with E-state index in [2.05, 4.69) is 6.92 Å². The van der Waals surface area contributed by atoms with E-state index in [4.69, 9.17) is 9.47 Å². The van der Waals surface area contributed by atoms with E-state index in [1.165, 1.54) is 58.3 Å². The Morgan fingerprint density at radius 1 is 0.846 bits per heavy atom. The Labute approximate surface area is 158 Å². The molecule has 0 aliphatic carbocycles. The average Bonchev–Trinajstić information content (AvgIpc) is 2.64. The van der Waals surface area contributed by atoms with Crippen LogP contribution in [0, 0.1) is 0 Å². The first-order valence-corrected chi connectivity index (χ1v) is 10.0. The number of unbranched alkanes of at least 4 members (excludes halogenated alkanes) is 9. The number of hydrogen-bond donors (Lipinski definition) is 0. The topological polar surface area (TPSA) is 52.6 Å². The maximum Gasteiger partial charge on any atom is 0.352 e. The van der Waals surface area contributed by atoms with Crippen LogP contribution < -0.4 is 0 Å². The summed E-state index contributed by atoms with van der Waals surface area (Å²) in [5.74, 6) is -0.989. The Bertz CT molecular complexity index is 498. The van der Waals surface area contributed by atoms with Crippen LogP contribution in [0.1, 0.15) is 89.7 Å². The molecular formula is C22H34O4. The zero-order valence-electron chi connectivity index (χ0n) is 16.4. The van der Waals surface area contributed by atoms with Gasteiger partial charge in [0.1, 0.15) is 0 Å². The van der Waals surface area contributed by atoms with Crippen molar-refractivity contribution >= 4 is 11.9 Å². The highest BCUT2D eigenvalue weighted by molar-refractivity contribution is 5.80. The van der Waals surface area contributed by atoms with Gasteiger partial charge >= 0.3 is 11.9 Å². The van der Waals surface area contributed by atoms with Crippen molar-refractivity contribution < 1.29 is 19.1 Å². The molecule has 0 bridgehead atoms. The van der Waals surface area contributed by atoms with Crippen molar-refractivity contribution in [1.82, 2.24) is 0 Å². The molecule has 1 aromatic carbocycles. The van der Waals surface area contributed by atoms with Gasteiger partial charge < -0.3 is 9.47 Å². The van der Waals surface area contributed by atoms with Crippen LogP contribution >= 0.6 is 0 Å². The minimum atomic E-state index is -0.975. The molecule has 4 heteroatoms. The fourth-order valence-electron chi connectivity index (χ4n) is 2.88. The molecule has 146 valence electrons. The molecule has 0 spiro atoms. The van der Waals surface area contributed by atoms with Crippen LogP contribution in [0.4, 0.5) is 0 Å². The Hall–Kier alpha value is -1.84. The lowest BCUT2D eigenvalue weighted by atomic mass is 10.1. The van der Waals surface area contributed by atoms with E-state index in [1.807, 2.05) is 6.07 Å². The van der Waals surface area contributed by atoms with E-state index in [-0.39, 0.29) is 0 Å². The molecule has 0 saturated carbocycles. The van der Waals surface area contributed by atoms with Gasteiger partial charge in [0.15, 0.2) is 0 Å². The monoisotopic (exact) mass is 362 g/mol. The summed E-state index contributed by atoms with van der Waals surface area (Å²) < 4.78 is 10.5. The third kappa shape index (κ3) is 10.2. The minimum Gasteiger partial charge on any atom is -0.463 e. The van der Waals surface area contributed by atoms with Gasteiger partial charge in [0.25, 0.3) is 0 Å². The van der Waals surface area contributed by atoms with Crippen molar-refractivity contribution in [2.45, 2.75) is 84.2 Å².